The summed E-state index contributed by atoms with van der Waals surface area (Å²) in [4.78, 5) is 5.42. The molecule has 2 aromatic rings. The number of aromatic nitrogens is 1. The molecule has 3 nitrogen and oxygen atoms in total. The van der Waals surface area contributed by atoms with Crippen molar-refractivity contribution in [3.05, 3.63) is 34.5 Å². The summed E-state index contributed by atoms with van der Waals surface area (Å²) in [6, 6.07) is 6.14. The zero-order chi connectivity index (χ0) is 15.5. The predicted octanol–water partition coefficient (Wildman–Crippen LogP) is 5.14. The summed E-state index contributed by atoms with van der Waals surface area (Å²) < 4.78 is 2.34. The molecule has 0 radical (unpaired) electrons. The van der Waals surface area contributed by atoms with Crippen LogP contribution >= 0.6 is 43.5 Å². The number of alkyl halides is 2. The van der Waals surface area contributed by atoms with Gasteiger partial charge in [-0.2, -0.15) is 0 Å². The summed E-state index contributed by atoms with van der Waals surface area (Å²) in [5.41, 5.74) is 4.85. The second kappa shape index (κ2) is 7.37. The van der Waals surface area contributed by atoms with Crippen molar-refractivity contribution < 1.29 is 4.84 Å². The number of nitrogens with zero attached hydrogens (tertiary/aromatic N) is 2. The molecule has 6 heteroatoms. The van der Waals surface area contributed by atoms with Crippen LogP contribution in [0.4, 0.5) is 0 Å². The van der Waals surface area contributed by atoms with Gasteiger partial charge in [-0.1, -0.05) is 48.6 Å². The Morgan fingerprint density at radius 2 is 2.09 bits per heavy atom. The van der Waals surface area contributed by atoms with E-state index in [0.717, 1.165) is 47.2 Å². The number of hydrogen-bond donors (Lipinski definition) is 0. The van der Waals surface area contributed by atoms with Gasteiger partial charge in [-0.25, -0.2) is 0 Å². The van der Waals surface area contributed by atoms with Gasteiger partial charge in [0.05, 0.1) is 5.69 Å². The number of halogens is 3. The Bertz CT molecular complexity index is 712. The van der Waals surface area contributed by atoms with E-state index in [2.05, 4.69) is 53.7 Å². The lowest BCUT2D eigenvalue weighted by Gasteiger charge is -2.17. The average Bonchev–Trinajstić information content (AvgIpc) is 2.83. The Kier molecular flexibility index (Phi) is 5.47. The van der Waals surface area contributed by atoms with Gasteiger partial charge >= 0.3 is 0 Å². The fourth-order valence-electron chi connectivity index (χ4n) is 3.09. The quantitative estimate of drug-likeness (QED) is 0.353. The Hall–Kier alpha value is -0.520. The number of oxime groups is 1. The summed E-state index contributed by atoms with van der Waals surface area (Å²) in [7, 11) is 0. The SMILES string of the molecule is Clc1ccc2c(c1)c1c(n2CCBr)C(=NOCCBr)CCC1. The number of aryl methyl sites for hydroxylation is 2. The van der Waals surface area contributed by atoms with E-state index in [-0.39, 0.29) is 0 Å². The van der Waals surface area contributed by atoms with Gasteiger partial charge in [0.15, 0.2) is 0 Å². The van der Waals surface area contributed by atoms with Crippen molar-refractivity contribution in [2.75, 3.05) is 17.3 Å². The molecule has 1 aliphatic carbocycles. The summed E-state index contributed by atoms with van der Waals surface area (Å²) in [5, 5.41) is 8.11. The number of benzene rings is 1. The summed E-state index contributed by atoms with van der Waals surface area (Å²) in [6.45, 7) is 1.49. The molecule has 1 aliphatic rings. The number of hydrogen-bond acceptors (Lipinski definition) is 2. The zero-order valence-corrected chi connectivity index (χ0v) is 16.0. The van der Waals surface area contributed by atoms with Gasteiger partial charge in [0.25, 0.3) is 0 Å². The molecule has 3 rings (SSSR count). The Morgan fingerprint density at radius 3 is 2.86 bits per heavy atom. The smallest absolute Gasteiger partial charge is 0.126 e. The average molecular weight is 449 g/mol. The third-order valence-corrected chi connectivity index (χ3v) is 4.81. The maximum atomic E-state index is 6.21. The molecule has 0 atom stereocenters. The number of rotatable bonds is 5. The standard InChI is InChI=1S/C16H17Br2ClN2O/c17-6-8-21-15-5-4-11(19)10-13(15)12-2-1-3-14(16(12)21)20-22-9-7-18/h4-5,10H,1-3,6-9H2. The second-order valence-corrected chi connectivity index (χ2v) is 7.27. The van der Waals surface area contributed by atoms with Gasteiger partial charge in [0.1, 0.15) is 12.3 Å². The molecule has 22 heavy (non-hydrogen) atoms. The van der Waals surface area contributed by atoms with Crippen LogP contribution in [-0.2, 0) is 17.8 Å². The molecule has 118 valence electrons. The fourth-order valence-corrected chi connectivity index (χ4v) is 3.77. The van der Waals surface area contributed by atoms with Crippen LogP contribution in [-0.4, -0.2) is 27.5 Å². The minimum absolute atomic E-state index is 0.587. The van der Waals surface area contributed by atoms with Crippen molar-refractivity contribution in [1.82, 2.24) is 4.57 Å². The molecule has 1 aromatic heterocycles. The van der Waals surface area contributed by atoms with Crippen LogP contribution in [0.3, 0.4) is 0 Å². The summed E-state index contributed by atoms with van der Waals surface area (Å²) in [5.74, 6) is 0. The molecule has 0 bridgehead atoms. The number of fused-ring (bicyclic) bond motifs is 3. The van der Waals surface area contributed by atoms with Crippen LogP contribution in [0, 0.1) is 0 Å². The molecule has 0 N–H and O–H groups in total. The molecule has 0 amide bonds. The largest absolute Gasteiger partial charge is 0.395 e. The topological polar surface area (TPSA) is 26.5 Å². The lowest BCUT2D eigenvalue weighted by Crippen LogP contribution is -2.17. The van der Waals surface area contributed by atoms with Gasteiger partial charge in [-0.05, 0) is 43.0 Å². The molecule has 0 saturated heterocycles. The highest BCUT2D eigenvalue weighted by molar-refractivity contribution is 9.09. The van der Waals surface area contributed by atoms with E-state index >= 15 is 0 Å². The van der Waals surface area contributed by atoms with E-state index in [1.54, 1.807) is 0 Å². The molecular formula is C16H17Br2ClN2O. The summed E-state index contributed by atoms with van der Waals surface area (Å²) >= 11 is 13.1. The first-order valence-electron chi connectivity index (χ1n) is 7.38. The molecule has 0 aliphatic heterocycles. The van der Waals surface area contributed by atoms with E-state index in [9.17, 15) is 0 Å². The molecule has 0 saturated carbocycles. The van der Waals surface area contributed by atoms with Gasteiger partial charge in [-0.3, -0.25) is 0 Å². The molecular weight excluding hydrogens is 431 g/mol. The normalized spacial score (nSPS) is 16.2. The zero-order valence-electron chi connectivity index (χ0n) is 12.1. The van der Waals surface area contributed by atoms with Crippen LogP contribution in [0.2, 0.25) is 5.02 Å². The lowest BCUT2D eigenvalue weighted by atomic mass is 9.94. The minimum Gasteiger partial charge on any atom is -0.395 e. The van der Waals surface area contributed by atoms with Crippen molar-refractivity contribution in [3.8, 4) is 0 Å². The van der Waals surface area contributed by atoms with Gasteiger partial charge in [0, 0.05) is 33.1 Å². The van der Waals surface area contributed by atoms with Crippen molar-refractivity contribution in [1.29, 1.82) is 0 Å². The highest BCUT2D eigenvalue weighted by atomic mass is 79.9. The monoisotopic (exact) mass is 446 g/mol. The molecule has 0 spiro atoms. The van der Waals surface area contributed by atoms with Crippen molar-refractivity contribution in [3.63, 3.8) is 0 Å². The summed E-state index contributed by atoms with van der Waals surface area (Å²) in [6.07, 6.45) is 3.13. The predicted molar refractivity (Wildman–Crippen MR) is 100.0 cm³/mol. The highest BCUT2D eigenvalue weighted by Gasteiger charge is 2.25. The Labute approximate surface area is 151 Å². The first-order valence-corrected chi connectivity index (χ1v) is 10.00. The van der Waals surface area contributed by atoms with Crippen LogP contribution in [0.25, 0.3) is 10.9 Å². The Balaban J connectivity index is 2.16. The van der Waals surface area contributed by atoms with Gasteiger partial charge in [0.2, 0.25) is 0 Å². The third kappa shape index (κ3) is 3.08. The molecule has 1 aromatic carbocycles. The van der Waals surface area contributed by atoms with Crippen LogP contribution in [0.15, 0.2) is 23.4 Å². The maximum absolute atomic E-state index is 6.21. The first-order chi connectivity index (χ1) is 10.8. The van der Waals surface area contributed by atoms with Crippen LogP contribution in [0.5, 0.6) is 0 Å². The minimum atomic E-state index is 0.587. The molecule has 0 unspecified atom stereocenters. The van der Waals surface area contributed by atoms with Gasteiger partial charge in [-0.15, -0.1) is 0 Å². The van der Waals surface area contributed by atoms with Gasteiger partial charge < -0.3 is 9.40 Å². The van der Waals surface area contributed by atoms with Crippen LogP contribution in [0.1, 0.15) is 24.1 Å². The van der Waals surface area contributed by atoms with E-state index in [4.69, 9.17) is 16.4 Å². The van der Waals surface area contributed by atoms with Crippen LogP contribution < -0.4 is 0 Å². The van der Waals surface area contributed by atoms with E-state index in [0.29, 0.717) is 6.61 Å². The van der Waals surface area contributed by atoms with E-state index < -0.39 is 0 Å². The molecule has 1 heterocycles. The van der Waals surface area contributed by atoms with E-state index in [1.807, 2.05) is 6.07 Å². The Morgan fingerprint density at radius 1 is 1.23 bits per heavy atom. The molecule has 0 fully saturated rings. The first kappa shape index (κ1) is 16.3. The lowest BCUT2D eigenvalue weighted by molar-refractivity contribution is 0.161. The fraction of sp³-hybridized carbons (Fsp3) is 0.438. The van der Waals surface area contributed by atoms with E-state index in [1.165, 1.54) is 22.2 Å². The maximum Gasteiger partial charge on any atom is 0.126 e. The highest BCUT2D eigenvalue weighted by Crippen LogP contribution is 2.34. The second-order valence-electron chi connectivity index (χ2n) is 5.24. The van der Waals surface area contributed by atoms with Crippen molar-refractivity contribution in [2.45, 2.75) is 25.8 Å². The van der Waals surface area contributed by atoms with Crippen molar-refractivity contribution >= 4 is 60.1 Å². The third-order valence-electron chi connectivity index (χ3n) is 3.90. The van der Waals surface area contributed by atoms with Crippen molar-refractivity contribution in [2.24, 2.45) is 5.16 Å².